The Morgan fingerprint density at radius 2 is 1.82 bits per heavy atom. The molecule has 2 aromatic rings. The molecule has 0 atom stereocenters. The fourth-order valence-electron chi connectivity index (χ4n) is 2.91. The minimum atomic E-state index is -0.306. The number of carbonyl (C=O) groups excluding carboxylic acids is 2. The minimum absolute atomic E-state index is 0.0473. The van der Waals surface area contributed by atoms with Crippen LogP contribution in [-0.4, -0.2) is 49.1 Å². The van der Waals surface area contributed by atoms with Gasteiger partial charge in [-0.25, -0.2) is 0 Å². The Kier molecular flexibility index (Phi) is 6.54. The third-order valence-corrected chi connectivity index (χ3v) is 4.56. The molecule has 1 fully saturated rings. The summed E-state index contributed by atoms with van der Waals surface area (Å²) in [5.41, 5.74) is 1.35. The Hall–Kier alpha value is -2.57. The molecule has 0 spiro atoms. The number of nitrogens with one attached hydrogen (secondary N) is 1. The molecule has 3 rings (SSSR count). The van der Waals surface area contributed by atoms with E-state index in [0.29, 0.717) is 53.9 Å². The SMILES string of the molecule is CC(C)Oc1ccccc1C(=O)Nc1ccc(C(=O)N2CCOCC2)c(Cl)c1. The molecule has 0 unspecified atom stereocenters. The molecule has 28 heavy (non-hydrogen) atoms. The van der Waals surface area contributed by atoms with Crippen molar-refractivity contribution in [3.8, 4) is 5.75 Å². The molecule has 2 aromatic carbocycles. The molecule has 6 nitrogen and oxygen atoms in total. The number of para-hydroxylation sites is 1. The van der Waals surface area contributed by atoms with Crippen LogP contribution in [0.15, 0.2) is 42.5 Å². The van der Waals surface area contributed by atoms with Crippen LogP contribution in [0.1, 0.15) is 34.6 Å². The second-order valence-electron chi connectivity index (χ2n) is 6.72. The van der Waals surface area contributed by atoms with Crippen molar-refractivity contribution in [1.29, 1.82) is 0 Å². The Labute approximate surface area is 169 Å². The molecule has 1 N–H and O–H groups in total. The predicted molar refractivity (Wildman–Crippen MR) is 108 cm³/mol. The van der Waals surface area contributed by atoms with Gasteiger partial charge in [0.05, 0.1) is 35.5 Å². The first-order chi connectivity index (χ1) is 13.5. The third-order valence-electron chi connectivity index (χ3n) is 4.25. The molecule has 0 radical (unpaired) electrons. The summed E-state index contributed by atoms with van der Waals surface area (Å²) < 4.78 is 11.0. The van der Waals surface area contributed by atoms with E-state index in [1.807, 2.05) is 19.9 Å². The van der Waals surface area contributed by atoms with Crippen LogP contribution in [-0.2, 0) is 4.74 Å². The van der Waals surface area contributed by atoms with E-state index in [4.69, 9.17) is 21.1 Å². The van der Waals surface area contributed by atoms with E-state index in [1.165, 1.54) is 0 Å². The van der Waals surface area contributed by atoms with Crippen LogP contribution >= 0.6 is 11.6 Å². The minimum Gasteiger partial charge on any atom is -0.490 e. The summed E-state index contributed by atoms with van der Waals surface area (Å²) in [4.78, 5) is 27.0. The molecular formula is C21H23ClN2O4. The highest BCUT2D eigenvalue weighted by atomic mass is 35.5. The summed E-state index contributed by atoms with van der Waals surface area (Å²) in [5.74, 6) is 0.0710. The van der Waals surface area contributed by atoms with Gasteiger partial charge >= 0.3 is 0 Å². The molecule has 148 valence electrons. The second-order valence-corrected chi connectivity index (χ2v) is 7.12. The van der Waals surface area contributed by atoms with Gasteiger partial charge in [0.1, 0.15) is 5.75 Å². The standard InChI is InChI=1S/C21H23ClN2O4/c1-14(2)28-19-6-4-3-5-17(19)20(25)23-15-7-8-16(18(22)13-15)21(26)24-9-11-27-12-10-24/h3-8,13-14H,9-12H2,1-2H3,(H,23,25). The lowest BCUT2D eigenvalue weighted by Gasteiger charge is -2.27. The monoisotopic (exact) mass is 402 g/mol. The molecule has 2 amide bonds. The summed E-state index contributed by atoms with van der Waals surface area (Å²) >= 11 is 6.32. The Morgan fingerprint density at radius 1 is 1.11 bits per heavy atom. The Morgan fingerprint density at radius 3 is 2.50 bits per heavy atom. The van der Waals surface area contributed by atoms with Gasteiger partial charge in [0.25, 0.3) is 11.8 Å². The number of morpholine rings is 1. The highest BCUT2D eigenvalue weighted by Crippen LogP contribution is 2.25. The topological polar surface area (TPSA) is 67.9 Å². The highest BCUT2D eigenvalue weighted by molar-refractivity contribution is 6.34. The van der Waals surface area contributed by atoms with Crippen LogP contribution in [0.5, 0.6) is 5.75 Å². The number of ether oxygens (including phenoxy) is 2. The van der Waals surface area contributed by atoms with Crippen molar-refractivity contribution in [2.24, 2.45) is 0 Å². The lowest BCUT2D eigenvalue weighted by atomic mass is 10.1. The van der Waals surface area contributed by atoms with Gasteiger partial charge in [0.15, 0.2) is 0 Å². The molecule has 1 heterocycles. The number of rotatable bonds is 5. The van der Waals surface area contributed by atoms with Gasteiger partial charge in [-0.05, 0) is 44.2 Å². The highest BCUT2D eigenvalue weighted by Gasteiger charge is 2.21. The van der Waals surface area contributed by atoms with E-state index in [9.17, 15) is 9.59 Å². The first-order valence-electron chi connectivity index (χ1n) is 9.19. The number of halogens is 1. The second kappa shape index (κ2) is 9.08. The van der Waals surface area contributed by atoms with Crippen molar-refractivity contribution in [3.05, 3.63) is 58.6 Å². The van der Waals surface area contributed by atoms with E-state index >= 15 is 0 Å². The molecule has 0 bridgehead atoms. The summed E-state index contributed by atoms with van der Waals surface area (Å²) in [5, 5.41) is 3.10. The van der Waals surface area contributed by atoms with Gasteiger partial charge < -0.3 is 19.7 Å². The quantitative estimate of drug-likeness (QED) is 0.824. The fourth-order valence-corrected chi connectivity index (χ4v) is 3.17. The number of carbonyl (C=O) groups is 2. The largest absolute Gasteiger partial charge is 0.490 e. The summed E-state index contributed by atoms with van der Waals surface area (Å²) in [6.07, 6.45) is -0.0473. The summed E-state index contributed by atoms with van der Waals surface area (Å²) in [7, 11) is 0. The van der Waals surface area contributed by atoms with E-state index < -0.39 is 0 Å². The molecule has 0 aromatic heterocycles. The van der Waals surface area contributed by atoms with Crippen LogP contribution in [0.25, 0.3) is 0 Å². The van der Waals surface area contributed by atoms with Crippen molar-refractivity contribution in [1.82, 2.24) is 4.90 Å². The fraction of sp³-hybridized carbons (Fsp3) is 0.333. The molecule has 1 aliphatic rings. The first-order valence-corrected chi connectivity index (χ1v) is 9.57. The van der Waals surface area contributed by atoms with Crippen LogP contribution in [0.2, 0.25) is 5.02 Å². The number of nitrogens with zero attached hydrogens (tertiary/aromatic N) is 1. The van der Waals surface area contributed by atoms with Crippen molar-refractivity contribution in [2.45, 2.75) is 20.0 Å². The van der Waals surface area contributed by atoms with Gasteiger partial charge in [-0.1, -0.05) is 23.7 Å². The lowest BCUT2D eigenvalue weighted by Crippen LogP contribution is -2.40. The van der Waals surface area contributed by atoms with Crippen molar-refractivity contribution >= 4 is 29.1 Å². The maximum atomic E-state index is 12.7. The zero-order valence-electron chi connectivity index (χ0n) is 15.9. The number of anilines is 1. The van der Waals surface area contributed by atoms with Crippen LogP contribution in [0, 0.1) is 0 Å². The predicted octanol–water partition coefficient (Wildman–Crippen LogP) is 3.85. The van der Waals surface area contributed by atoms with E-state index in [2.05, 4.69) is 5.32 Å². The van der Waals surface area contributed by atoms with Gasteiger partial charge in [-0.3, -0.25) is 9.59 Å². The average molecular weight is 403 g/mol. The average Bonchev–Trinajstić information content (AvgIpc) is 2.68. The zero-order chi connectivity index (χ0) is 20.1. The van der Waals surface area contributed by atoms with Gasteiger partial charge in [-0.15, -0.1) is 0 Å². The Bertz CT molecular complexity index is 863. The zero-order valence-corrected chi connectivity index (χ0v) is 16.7. The summed E-state index contributed by atoms with van der Waals surface area (Å²) in [6, 6.07) is 11.9. The smallest absolute Gasteiger partial charge is 0.259 e. The van der Waals surface area contributed by atoms with Crippen LogP contribution in [0.4, 0.5) is 5.69 Å². The molecule has 0 saturated carbocycles. The van der Waals surface area contributed by atoms with Crippen molar-refractivity contribution < 1.29 is 19.1 Å². The number of amides is 2. The lowest BCUT2D eigenvalue weighted by molar-refractivity contribution is 0.0303. The van der Waals surface area contributed by atoms with Gasteiger partial charge in [0.2, 0.25) is 0 Å². The summed E-state index contributed by atoms with van der Waals surface area (Å²) in [6.45, 7) is 5.93. The number of hydrogen-bond donors (Lipinski definition) is 1. The molecule has 1 saturated heterocycles. The molecule has 0 aliphatic carbocycles. The maximum absolute atomic E-state index is 12.7. The number of benzene rings is 2. The van der Waals surface area contributed by atoms with Crippen molar-refractivity contribution in [2.75, 3.05) is 31.6 Å². The van der Waals surface area contributed by atoms with E-state index in [-0.39, 0.29) is 17.9 Å². The first kappa shape index (κ1) is 20.2. The van der Waals surface area contributed by atoms with E-state index in [1.54, 1.807) is 41.3 Å². The Balaban J connectivity index is 1.74. The van der Waals surface area contributed by atoms with Crippen LogP contribution in [0.3, 0.4) is 0 Å². The van der Waals surface area contributed by atoms with Crippen LogP contribution < -0.4 is 10.1 Å². The third kappa shape index (κ3) is 4.82. The molecule has 7 heteroatoms. The normalized spacial score (nSPS) is 14.1. The molecule has 1 aliphatic heterocycles. The van der Waals surface area contributed by atoms with Gasteiger partial charge in [-0.2, -0.15) is 0 Å². The number of hydrogen-bond acceptors (Lipinski definition) is 4. The van der Waals surface area contributed by atoms with Crippen molar-refractivity contribution in [3.63, 3.8) is 0 Å². The van der Waals surface area contributed by atoms with E-state index in [0.717, 1.165) is 0 Å². The maximum Gasteiger partial charge on any atom is 0.259 e. The van der Waals surface area contributed by atoms with Gasteiger partial charge in [0, 0.05) is 18.8 Å². The molecular weight excluding hydrogens is 380 g/mol.